The average molecular weight is 307 g/mol. The van der Waals surface area contributed by atoms with E-state index in [9.17, 15) is 14.7 Å². The van der Waals surface area contributed by atoms with E-state index in [1.54, 1.807) is 0 Å². The Balaban J connectivity index is 1.70. The van der Waals surface area contributed by atoms with Crippen LogP contribution in [0.1, 0.15) is 49.1 Å². The Labute approximate surface area is 127 Å². The molecule has 2 atom stereocenters. The molecule has 1 saturated carbocycles. The zero-order valence-electron chi connectivity index (χ0n) is 11.9. The van der Waals surface area contributed by atoms with Gasteiger partial charge in [0.1, 0.15) is 0 Å². The number of hydrogen-bond acceptors (Lipinski definition) is 5. The highest BCUT2D eigenvalue weighted by Crippen LogP contribution is 2.33. The van der Waals surface area contributed by atoms with Gasteiger partial charge in [-0.1, -0.05) is 12.8 Å². The molecule has 1 N–H and O–H groups in total. The van der Waals surface area contributed by atoms with Crippen LogP contribution in [0.2, 0.25) is 0 Å². The number of carbonyl (C=O) groups is 2. The minimum Gasteiger partial charge on any atom is -0.550 e. The molecule has 0 saturated heterocycles. The van der Waals surface area contributed by atoms with Gasteiger partial charge in [0.05, 0.1) is 5.69 Å². The Morgan fingerprint density at radius 1 is 1.10 bits per heavy atom. The zero-order valence-corrected chi connectivity index (χ0v) is 12.7. The largest absolute Gasteiger partial charge is 0.550 e. The molecular weight excluding hydrogens is 288 g/mol. The molecule has 114 valence electrons. The monoisotopic (exact) mass is 307 g/mol. The molecule has 0 unspecified atom stereocenters. The fourth-order valence-electron chi connectivity index (χ4n) is 3.33. The summed E-state index contributed by atoms with van der Waals surface area (Å²) in [7, 11) is 0. The van der Waals surface area contributed by atoms with E-state index in [4.69, 9.17) is 0 Å². The van der Waals surface area contributed by atoms with Crippen LogP contribution in [0.5, 0.6) is 0 Å². The lowest BCUT2D eigenvalue weighted by molar-refractivity contribution is -0.313. The van der Waals surface area contributed by atoms with Gasteiger partial charge in [0.15, 0.2) is 5.13 Å². The molecule has 0 spiro atoms. The predicted octanol–water partition coefficient (Wildman–Crippen LogP) is 1.52. The van der Waals surface area contributed by atoms with Gasteiger partial charge in [-0.3, -0.25) is 4.79 Å². The fraction of sp³-hybridized carbons (Fsp3) is 0.667. The number of fused-ring (bicyclic) bond motifs is 1. The van der Waals surface area contributed by atoms with Gasteiger partial charge in [-0.15, -0.1) is 11.3 Å². The first-order valence-electron chi connectivity index (χ1n) is 7.65. The SMILES string of the molecule is O=C(Nc1nc2c(s1)CCCC2)[C@H]1CCCC[C@H]1C(=O)[O-]. The first-order valence-corrected chi connectivity index (χ1v) is 8.47. The number of nitrogens with zero attached hydrogens (tertiary/aromatic N) is 1. The van der Waals surface area contributed by atoms with Gasteiger partial charge < -0.3 is 15.2 Å². The predicted molar refractivity (Wildman–Crippen MR) is 77.8 cm³/mol. The van der Waals surface area contributed by atoms with Crippen molar-refractivity contribution >= 4 is 28.3 Å². The summed E-state index contributed by atoms with van der Waals surface area (Å²) in [4.78, 5) is 29.3. The maximum absolute atomic E-state index is 12.4. The summed E-state index contributed by atoms with van der Waals surface area (Å²) in [6, 6.07) is 0. The van der Waals surface area contributed by atoms with Crippen LogP contribution < -0.4 is 10.4 Å². The Morgan fingerprint density at radius 3 is 2.52 bits per heavy atom. The van der Waals surface area contributed by atoms with E-state index >= 15 is 0 Å². The number of aromatic nitrogens is 1. The molecular formula is C15H19N2O3S-. The number of rotatable bonds is 3. The molecule has 2 aliphatic carbocycles. The van der Waals surface area contributed by atoms with Crippen molar-refractivity contribution in [1.82, 2.24) is 4.98 Å². The molecule has 0 aliphatic heterocycles. The molecule has 1 fully saturated rings. The molecule has 0 aromatic carbocycles. The number of carboxylic acid groups (broad SMARTS) is 1. The molecule has 2 aliphatic rings. The lowest BCUT2D eigenvalue weighted by Crippen LogP contribution is -2.42. The number of amides is 1. The first kappa shape index (κ1) is 14.5. The minimum atomic E-state index is -1.10. The van der Waals surface area contributed by atoms with Gasteiger partial charge in [-0.05, 0) is 38.5 Å². The van der Waals surface area contributed by atoms with Gasteiger partial charge >= 0.3 is 0 Å². The summed E-state index contributed by atoms with van der Waals surface area (Å²) >= 11 is 1.53. The smallest absolute Gasteiger partial charge is 0.229 e. The summed E-state index contributed by atoms with van der Waals surface area (Å²) < 4.78 is 0. The molecule has 0 radical (unpaired) electrons. The van der Waals surface area contributed by atoms with Crippen molar-refractivity contribution in [3.8, 4) is 0 Å². The second kappa shape index (κ2) is 6.13. The van der Waals surface area contributed by atoms with Crippen LogP contribution in [-0.4, -0.2) is 16.9 Å². The number of anilines is 1. The fourth-order valence-corrected chi connectivity index (χ4v) is 4.38. The number of aliphatic carboxylic acids is 1. The van der Waals surface area contributed by atoms with Crippen LogP contribution in [0.15, 0.2) is 0 Å². The van der Waals surface area contributed by atoms with Crippen molar-refractivity contribution < 1.29 is 14.7 Å². The van der Waals surface area contributed by atoms with E-state index in [0.717, 1.165) is 37.8 Å². The maximum Gasteiger partial charge on any atom is 0.229 e. The second-order valence-electron chi connectivity index (χ2n) is 5.90. The van der Waals surface area contributed by atoms with Crippen molar-refractivity contribution in [2.24, 2.45) is 11.8 Å². The van der Waals surface area contributed by atoms with Gasteiger partial charge in [0, 0.05) is 22.7 Å². The van der Waals surface area contributed by atoms with E-state index < -0.39 is 17.8 Å². The standard InChI is InChI=1S/C15H20N2O3S/c18-13(9-5-1-2-6-10(9)14(19)20)17-15-16-11-7-3-4-8-12(11)21-15/h9-10H,1-8H2,(H,19,20)(H,16,17,18)/p-1/t9-,10+/m0/s1. The maximum atomic E-state index is 12.4. The van der Waals surface area contributed by atoms with Crippen LogP contribution in [0.3, 0.4) is 0 Å². The quantitative estimate of drug-likeness (QED) is 0.918. The Morgan fingerprint density at radius 2 is 1.81 bits per heavy atom. The Kier molecular flexibility index (Phi) is 4.24. The molecule has 1 aromatic heterocycles. The normalized spacial score (nSPS) is 25.1. The molecule has 0 bridgehead atoms. The Bertz CT molecular complexity index is 532. The summed E-state index contributed by atoms with van der Waals surface area (Å²) in [5.41, 5.74) is 1.10. The van der Waals surface area contributed by atoms with Crippen LogP contribution in [0.25, 0.3) is 0 Å². The van der Waals surface area contributed by atoms with E-state index in [1.807, 2.05) is 0 Å². The molecule has 5 nitrogen and oxygen atoms in total. The number of thiazole rings is 1. The summed E-state index contributed by atoms with van der Waals surface area (Å²) in [5, 5.41) is 14.6. The lowest BCUT2D eigenvalue weighted by Gasteiger charge is -2.30. The van der Waals surface area contributed by atoms with E-state index in [0.29, 0.717) is 18.0 Å². The van der Waals surface area contributed by atoms with E-state index in [2.05, 4.69) is 10.3 Å². The number of carbonyl (C=O) groups excluding carboxylic acids is 2. The summed E-state index contributed by atoms with van der Waals surface area (Å²) in [6.45, 7) is 0. The molecule has 1 heterocycles. The Hall–Kier alpha value is -1.43. The average Bonchev–Trinajstić information content (AvgIpc) is 2.89. The highest BCUT2D eigenvalue weighted by atomic mass is 32.1. The van der Waals surface area contributed by atoms with Crippen molar-refractivity contribution in [1.29, 1.82) is 0 Å². The van der Waals surface area contributed by atoms with Crippen molar-refractivity contribution in [3.63, 3.8) is 0 Å². The van der Waals surface area contributed by atoms with Gasteiger partial charge in [0.2, 0.25) is 5.91 Å². The zero-order chi connectivity index (χ0) is 14.8. The van der Waals surface area contributed by atoms with Gasteiger partial charge in [0.25, 0.3) is 0 Å². The van der Waals surface area contributed by atoms with Crippen LogP contribution >= 0.6 is 11.3 Å². The highest BCUT2D eigenvalue weighted by molar-refractivity contribution is 7.15. The van der Waals surface area contributed by atoms with Crippen LogP contribution in [-0.2, 0) is 22.4 Å². The summed E-state index contributed by atoms with van der Waals surface area (Å²) in [6.07, 6.45) is 7.26. The number of aryl methyl sites for hydroxylation is 2. The van der Waals surface area contributed by atoms with Gasteiger partial charge in [-0.2, -0.15) is 0 Å². The first-order chi connectivity index (χ1) is 10.1. The minimum absolute atomic E-state index is 0.213. The van der Waals surface area contributed by atoms with Crippen molar-refractivity contribution in [2.75, 3.05) is 5.32 Å². The third kappa shape index (κ3) is 3.10. The molecule has 21 heavy (non-hydrogen) atoms. The molecule has 3 rings (SSSR count). The van der Waals surface area contributed by atoms with Crippen LogP contribution in [0.4, 0.5) is 5.13 Å². The number of carboxylic acids is 1. The van der Waals surface area contributed by atoms with E-state index in [1.165, 1.54) is 22.6 Å². The summed E-state index contributed by atoms with van der Waals surface area (Å²) in [5.74, 6) is -2.46. The topological polar surface area (TPSA) is 82.1 Å². The third-order valence-corrected chi connectivity index (χ3v) is 5.55. The molecule has 1 amide bonds. The third-order valence-electron chi connectivity index (χ3n) is 4.48. The van der Waals surface area contributed by atoms with E-state index in [-0.39, 0.29) is 5.91 Å². The highest BCUT2D eigenvalue weighted by Gasteiger charge is 2.32. The second-order valence-corrected chi connectivity index (χ2v) is 6.99. The number of nitrogens with one attached hydrogen (secondary N) is 1. The lowest BCUT2D eigenvalue weighted by atomic mass is 9.79. The van der Waals surface area contributed by atoms with Gasteiger partial charge in [-0.25, -0.2) is 4.98 Å². The van der Waals surface area contributed by atoms with Crippen molar-refractivity contribution in [3.05, 3.63) is 10.6 Å². The molecule has 1 aromatic rings. The molecule has 6 heteroatoms. The number of hydrogen-bond donors (Lipinski definition) is 1. The van der Waals surface area contributed by atoms with Crippen molar-refractivity contribution in [2.45, 2.75) is 51.4 Å². The van der Waals surface area contributed by atoms with Crippen LogP contribution in [0, 0.1) is 11.8 Å².